The fraction of sp³-hybridized carbons (Fsp3) is 0.417. The summed E-state index contributed by atoms with van der Waals surface area (Å²) in [6, 6.07) is 3.87. The van der Waals surface area contributed by atoms with Gasteiger partial charge in [0.1, 0.15) is 13.2 Å². The summed E-state index contributed by atoms with van der Waals surface area (Å²) in [5, 5.41) is 16.9. The van der Waals surface area contributed by atoms with Crippen molar-refractivity contribution in [3.63, 3.8) is 0 Å². The summed E-state index contributed by atoms with van der Waals surface area (Å²) in [5.74, 6) is 2.68. The van der Waals surface area contributed by atoms with Crippen molar-refractivity contribution >= 4 is 0 Å². The first-order valence-corrected chi connectivity index (χ1v) is 6.26. The van der Waals surface area contributed by atoms with Crippen LogP contribution in [0.1, 0.15) is 11.4 Å². The van der Waals surface area contributed by atoms with Gasteiger partial charge in [-0.15, -0.1) is 10.2 Å². The topological polar surface area (TPSA) is 94.2 Å². The lowest BCUT2D eigenvalue weighted by Crippen LogP contribution is -2.18. The number of nitrogens with zero attached hydrogens (tertiary/aromatic N) is 3. The molecule has 0 bridgehead atoms. The zero-order chi connectivity index (χ0) is 13.8. The van der Waals surface area contributed by atoms with Crippen molar-refractivity contribution in [1.29, 1.82) is 0 Å². The highest BCUT2D eigenvalue weighted by Gasteiger charge is 2.18. The lowest BCUT2D eigenvalue weighted by atomic mass is 10.1. The first kappa shape index (κ1) is 12.7. The standard InChI is InChI=1S/C12H15N5O3/c1-18-9-4-8(5-10-12(9)20-3-2-19-10)6-13-7-11-14-16-17-15-11/h4-5,13H,2-3,6-7H2,1H3,(H,14,15,16,17). The molecule has 0 aliphatic carbocycles. The average Bonchev–Trinajstić information content (AvgIpc) is 2.99. The zero-order valence-corrected chi connectivity index (χ0v) is 11.0. The summed E-state index contributed by atoms with van der Waals surface area (Å²) in [5.41, 5.74) is 1.04. The van der Waals surface area contributed by atoms with Gasteiger partial charge in [0.15, 0.2) is 17.3 Å². The summed E-state index contributed by atoms with van der Waals surface area (Å²) < 4.78 is 16.5. The van der Waals surface area contributed by atoms with Gasteiger partial charge < -0.3 is 19.5 Å². The Kier molecular flexibility index (Phi) is 3.64. The molecule has 106 valence electrons. The van der Waals surface area contributed by atoms with Crippen molar-refractivity contribution in [2.24, 2.45) is 0 Å². The van der Waals surface area contributed by atoms with E-state index < -0.39 is 0 Å². The molecule has 1 aliphatic rings. The highest BCUT2D eigenvalue weighted by molar-refractivity contribution is 5.54. The van der Waals surface area contributed by atoms with E-state index in [1.54, 1.807) is 7.11 Å². The molecule has 8 heteroatoms. The van der Waals surface area contributed by atoms with E-state index in [1.807, 2.05) is 12.1 Å². The van der Waals surface area contributed by atoms with Crippen molar-refractivity contribution in [3.8, 4) is 17.2 Å². The summed E-state index contributed by atoms with van der Waals surface area (Å²) in [4.78, 5) is 0. The number of methoxy groups -OCH3 is 1. The van der Waals surface area contributed by atoms with Crippen LogP contribution in [-0.4, -0.2) is 40.9 Å². The van der Waals surface area contributed by atoms with Crippen LogP contribution in [0.3, 0.4) is 0 Å². The van der Waals surface area contributed by atoms with Crippen LogP contribution in [0.2, 0.25) is 0 Å². The van der Waals surface area contributed by atoms with E-state index in [0.29, 0.717) is 49.4 Å². The minimum absolute atomic E-state index is 0.535. The Hall–Kier alpha value is -2.35. The Morgan fingerprint density at radius 1 is 1.30 bits per heavy atom. The largest absolute Gasteiger partial charge is 0.493 e. The lowest BCUT2D eigenvalue weighted by Gasteiger charge is -2.21. The molecule has 0 unspecified atom stereocenters. The van der Waals surface area contributed by atoms with E-state index in [2.05, 4.69) is 25.9 Å². The number of hydrogen-bond donors (Lipinski definition) is 2. The van der Waals surface area contributed by atoms with Gasteiger partial charge in [0.05, 0.1) is 13.7 Å². The lowest BCUT2D eigenvalue weighted by molar-refractivity contribution is 0.165. The minimum atomic E-state index is 0.535. The second-order valence-corrected chi connectivity index (χ2v) is 4.25. The molecule has 2 N–H and O–H groups in total. The quantitative estimate of drug-likeness (QED) is 0.810. The van der Waals surface area contributed by atoms with Gasteiger partial charge in [0, 0.05) is 6.54 Å². The predicted molar refractivity (Wildman–Crippen MR) is 68.7 cm³/mol. The summed E-state index contributed by atoms with van der Waals surface area (Å²) >= 11 is 0. The highest BCUT2D eigenvalue weighted by Crippen LogP contribution is 2.40. The summed E-state index contributed by atoms with van der Waals surface area (Å²) in [7, 11) is 1.62. The number of tetrazole rings is 1. The number of aromatic amines is 1. The number of aromatic nitrogens is 4. The van der Waals surface area contributed by atoms with Crippen molar-refractivity contribution < 1.29 is 14.2 Å². The first-order chi connectivity index (χ1) is 9.86. The Morgan fingerprint density at radius 3 is 3.00 bits per heavy atom. The number of hydrogen-bond acceptors (Lipinski definition) is 7. The molecule has 20 heavy (non-hydrogen) atoms. The maximum Gasteiger partial charge on any atom is 0.203 e. The second kappa shape index (κ2) is 5.74. The molecule has 0 spiro atoms. The van der Waals surface area contributed by atoms with Crippen LogP contribution in [0.4, 0.5) is 0 Å². The van der Waals surface area contributed by atoms with E-state index in [-0.39, 0.29) is 0 Å². The van der Waals surface area contributed by atoms with E-state index in [1.165, 1.54) is 0 Å². The van der Waals surface area contributed by atoms with Crippen molar-refractivity contribution in [1.82, 2.24) is 25.9 Å². The maximum absolute atomic E-state index is 5.59. The molecule has 8 nitrogen and oxygen atoms in total. The van der Waals surface area contributed by atoms with Gasteiger partial charge in [-0.1, -0.05) is 5.21 Å². The maximum atomic E-state index is 5.59. The molecule has 1 aromatic carbocycles. The molecular formula is C12H15N5O3. The summed E-state index contributed by atoms with van der Waals surface area (Å²) in [6.07, 6.45) is 0. The molecule has 0 fully saturated rings. The van der Waals surface area contributed by atoms with Crippen LogP contribution in [0, 0.1) is 0 Å². The Balaban J connectivity index is 1.69. The third-order valence-corrected chi connectivity index (χ3v) is 2.89. The Labute approximate surface area is 115 Å². The number of fused-ring (bicyclic) bond motifs is 1. The van der Waals surface area contributed by atoms with Crippen LogP contribution in [-0.2, 0) is 13.1 Å². The fourth-order valence-electron chi connectivity index (χ4n) is 2.01. The van der Waals surface area contributed by atoms with Gasteiger partial charge in [0.25, 0.3) is 0 Å². The third kappa shape index (κ3) is 2.64. The van der Waals surface area contributed by atoms with E-state index in [4.69, 9.17) is 14.2 Å². The van der Waals surface area contributed by atoms with Crippen LogP contribution in [0.15, 0.2) is 12.1 Å². The van der Waals surface area contributed by atoms with Crippen LogP contribution >= 0.6 is 0 Å². The van der Waals surface area contributed by atoms with Crippen molar-refractivity contribution in [2.75, 3.05) is 20.3 Å². The molecule has 0 amide bonds. The number of nitrogens with one attached hydrogen (secondary N) is 2. The molecule has 0 radical (unpaired) electrons. The molecule has 3 rings (SSSR count). The monoisotopic (exact) mass is 277 g/mol. The second-order valence-electron chi connectivity index (χ2n) is 4.25. The molecule has 1 aromatic heterocycles. The first-order valence-electron chi connectivity index (χ1n) is 6.26. The average molecular weight is 277 g/mol. The van der Waals surface area contributed by atoms with E-state index in [0.717, 1.165) is 5.56 Å². The van der Waals surface area contributed by atoms with Crippen LogP contribution in [0.5, 0.6) is 17.2 Å². The molecule has 0 saturated heterocycles. The molecule has 0 atom stereocenters. The third-order valence-electron chi connectivity index (χ3n) is 2.89. The highest BCUT2D eigenvalue weighted by atomic mass is 16.6. The fourth-order valence-corrected chi connectivity index (χ4v) is 2.01. The number of benzene rings is 1. The van der Waals surface area contributed by atoms with Gasteiger partial charge in [-0.3, -0.25) is 0 Å². The number of H-pyrrole nitrogens is 1. The predicted octanol–water partition coefficient (Wildman–Crippen LogP) is 0.269. The number of ether oxygens (including phenoxy) is 3. The summed E-state index contributed by atoms with van der Waals surface area (Å²) in [6.45, 7) is 2.27. The van der Waals surface area contributed by atoms with E-state index >= 15 is 0 Å². The van der Waals surface area contributed by atoms with Gasteiger partial charge in [-0.2, -0.15) is 5.21 Å². The molecule has 0 saturated carbocycles. The number of rotatable bonds is 5. The molecule has 1 aliphatic heterocycles. The van der Waals surface area contributed by atoms with Crippen molar-refractivity contribution in [3.05, 3.63) is 23.5 Å². The smallest absolute Gasteiger partial charge is 0.203 e. The van der Waals surface area contributed by atoms with Crippen LogP contribution < -0.4 is 19.5 Å². The van der Waals surface area contributed by atoms with Gasteiger partial charge >= 0.3 is 0 Å². The Bertz CT molecular complexity index is 555. The van der Waals surface area contributed by atoms with Gasteiger partial charge in [-0.25, -0.2) is 0 Å². The van der Waals surface area contributed by atoms with Gasteiger partial charge in [0.2, 0.25) is 5.75 Å². The zero-order valence-electron chi connectivity index (χ0n) is 11.0. The molecular weight excluding hydrogens is 262 g/mol. The minimum Gasteiger partial charge on any atom is -0.493 e. The Morgan fingerprint density at radius 2 is 2.20 bits per heavy atom. The van der Waals surface area contributed by atoms with Gasteiger partial charge in [-0.05, 0) is 17.7 Å². The molecule has 2 aromatic rings. The SMILES string of the molecule is COc1cc(CNCc2nn[nH]n2)cc2c1OCCO2. The van der Waals surface area contributed by atoms with Crippen molar-refractivity contribution in [2.45, 2.75) is 13.1 Å². The normalized spacial score (nSPS) is 13.2. The molecule has 2 heterocycles. The van der Waals surface area contributed by atoms with Crippen LogP contribution in [0.25, 0.3) is 0 Å². The van der Waals surface area contributed by atoms with E-state index in [9.17, 15) is 0 Å².